The van der Waals surface area contributed by atoms with Gasteiger partial charge in [0.1, 0.15) is 0 Å². The van der Waals surface area contributed by atoms with Gasteiger partial charge >= 0.3 is 0 Å². The first-order valence-corrected chi connectivity index (χ1v) is 13.5. The summed E-state index contributed by atoms with van der Waals surface area (Å²) in [5.41, 5.74) is 4.99. The summed E-state index contributed by atoms with van der Waals surface area (Å²) in [4.78, 5) is 1.99. The summed E-state index contributed by atoms with van der Waals surface area (Å²) < 4.78 is 15.4. The van der Waals surface area contributed by atoms with Crippen molar-refractivity contribution in [3.05, 3.63) is 137 Å². The fourth-order valence-electron chi connectivity index (χ4n) is 3.05. The molecule has 0 N–H and O–H groups in total. The summed E-state index contributed by atoms with van der Waals surface area (Å²) in [6.07, 6.45) is 0. The molecule has 0 saturated heterocycles. The van der Waals surface area contributed by atoms with Crippen LogP contribution in [0.4, 0.5) is 0 Å². The molecule has 0 aromatic heterocycles. The molecule has 0 aliphatic heterocycles. The lowest BCUT2D eigenvalue weighted by Crippen LogP contribution is -2.01. The number of hydrogen-bond acceptors (Lipinski definition) is 2. The molecule has 156 valence electrons. The van der Waals surface area contributed by atoms with Gasteiger partial charge in [-0.2, -0.15) is 0 Å². The van der Waals surface area contributed by atoms with Crippen LogP contribution in [0.1, 0.15) is 11.1 Å². The van der Waals surface area contributed by atoms with E-state index in [1.807, 2.05) is 109 Å². The summed E-state index contributed by atoms with van der Waals surface area (Å²) in [5.74, 6) is 5.00. The van der Waals surface area contributed by atoms with Crippen LogP contribution in [-0.2, 0) is 4.57 Å². The van der Waals surface area contributed by atoms with Crippen molar-refractivity contribution in [2.45, 2.75) is 4.90 Å². The van der Waals surface area contributed by atoms with Gasteiger partial charge in [-0.15, -0.1) is 0 Å². The Bertz CT molecular complexity index is 1310. The van der Waals surface area contributed by atoms with E-state index in [-0.39, 0.29) is 0 Å². The predicted molar refractivity (Wildman–Crippen MR) is 141 cm³/mol. The maximum Gasteiger partial charge on any atom is 0.205 e. The van der Waals surface area contributed by atoms with Gasteiger partial charge in [0.05, 0.1) is 0 Å². The monoisotopic (exact) mass is 514 g/mol. The zero-order chi connectivity index (χ0) is 22.2. The Balaban J connectivity index is 1.84. The average molecular weight is 515 g/mol. The number of halogens is 1. The SMILES string of the molecule is O=[P@@](C#Cc1ccccc1)(/C=C(\Sc1ccc(Br)cc1)c1ccccc1)c1ccccc1. The first kappa shape index (κ1) is 22.4. The van der Waals surface area contributed by atoms with E-state index in [0.717, 1.165) is 30.7 Å². The molecule has 4 rings (SSSR count). The molecule has 0 aliphatic carbocycles. The minimum absolute atomic E-state index is 0.730. The number of rotatable bonds is 5. The van der Waals surface area contributed by atoms with Crippen LogP contribution >= 0.6 is 34.8 Å². The normalized spacial score (nSPS) is 13.0. The Hall–Kier alpha value is -2.76. The number of thioether (sulfide) groups is 1. The highest BCUT2D eigenvalue weighted by atomic mass is 79.9. The largest absolute Gasteiger partial charge is 0.300 e. The first-order chi connectivity index (χ1) is 15.6. The van der Waals surface area contributed by atoms with Gasteiger partial charge in [0.25, 0.3) is 0 Å². The zero-order valence-corrected chi connectivity index (χ0v) is 20.5. The van der Waals surface area contributed by atoms with E-state index in [1.54, 1.807) is 11.8 Å². The van der Waals surface area contributed by atoms with Crippen molar-refractivity contribution in [2.75, 3.05) is 0 Å². The van der Waals surface area contributed by atoms with Crippen molar-refractivity contribution in [1.29, 1.82) is 0 Å². The van der Waals surface area contributed by atoms with E-state index in [4.69, 9.17) is 0 Å². The summed E-state index contributed by atoms with van der Waals surface area (Å²) in [6, 6.07) is 37.4. The molecule has 1 nitrogen and oxygen atoms in total. The third-order valence-electron chi connectivity index (χ3n) is 4.68. The van der Waals surface area contributed by atoms with Crippen LogP contribution in [0.2, 0.25) is 0 Å². The minimum Gasteiger partial charge on any atom is -0.300 e. The van der Waals surface area contributed by atoms with Crippen molar-refractivity contribution in [2.24, 2.45) is 0 Å². The summed E-state index contributed by atoms with van der Waals surface area (Å²) in [6.45, 7) is 0. The molecule has 0 amide bonds. The second kappa shape index (κ2) is 10.7. The van der Waals surface area contributed by atoms with Gasteiger partial charge < -0.3 is 4.57 Å². The van der Waals surface area contributed by atoms with Crippen molar-refractivity contribution in [3.8, 4) is 11.6 Å². The Labute approximate surface area is 202 Å². The van der Waals surface area contributed by atoms with Gasteiger partial charge in [-0.05, 0) is 47.6 Å². The van der Waals surface area contributed by atoms with Crippen LogP contribution in [0.25, 0.3) is 4.91 Å². The average Bonchev–Trinajstić information content (AvgIpc) is 2.85. The molecule has 0 bridgehead atoms. The van der Waals surface area contributed by atoms with Crippen LogP contribution in [0.15, 0.2) is 130 Å². The Morgan fingerprint density at radius 2 is 1.31 bits per heavy atom. The lowest BCUT2D eigenvalue weighted by molar-refractivity contribution is 0.592. The minimum atomic E-state index is -3.16. The molecule has 0 spiro atoms. The highest BCUT2D eigenvalue weighted by Crippen LogP contribution is 2.50. The van der Waals surface area contributed by atoms with Gasteiger partial charge in [-0.3, -0.25) is 0 Å². The molecule has 0 fully saturated rings. The third-order valence-corrected chi connectivity index (χ3v) is 8.59. The number of hydrogen-bond donors (Lipinski definition) is 0. The van der Waals surface area contributed by atoms with Crippen molar-refractivity contribution >= 4 is 45.0 Å². The fourth-order valence-corrected chi connectivity index (χ4v) is 6.48. The van der Waals surface area contributed by atoms with Crippen LogP contribution in [0.3, 0.4) is 0 Å². The second-order valence-electron chi connectivity index (χ2n) is 7.01. The summed E-state index contributed by atoms with van der Waals surface area (Å²) >= 11 is 5.09. The molecule has 0 aliphatic rings. The molecule has 32 heavy (non-hydrogen) atoms. The Morgan fingerprint density at radius 3 is 1.94 bits per heavy atom. The van der Waals surface area contributed by atoms with Crippen molar-refractivity contribution < 1.29 is 4.57 Å². The molecular formula is C28H20BrOPS. The fraction of sp³-hybridized carbons (Fsp3) is 0. The van der Waals surface area contributed by atoms with Gasteiger partial charge in [0, 0.05) is 31.0 Å². The maximum absolute atomic E-state index is 14.3. The first-order valence-electron chi connectivity index (χ1n) is 10.1. The molecule has 4 aromatic rings. The lowest BCUT2D eigenvalue weighted by atomic mass is 10.2. The van der Waals surface area contributed by atoms with Crippen molar-refractivity contribution in [3.63, 3.8) is 0 Å². The standard InChI is InChI=1S/C28H20BrOPS/c29-25-16-18-27(19-17-25)32-28(24-12-6-2-7-13-24)22-31(30,26-14-8-3-9-15-26)21-20-23-10-4-1-5-11-23/h1-19,22H/b28-22-/t31-/m0/s1. The van der Waals surface area contributed by atoms with Crippen LogP contribution in [0.5, 0.6) is 0 Å². The zero-order valence-electron chi connectivity index (χ0n) is 17.2. The summed E-state index contributed by atoms with van der Waals surface area (Å²) in [5, 5.41) is 0.730. The number of benzene rings is 4. The smallest absolute Gasteiger partial charge is 0.205 e. The van der Waals surface area contributed by atoms with Gasteiger partial charge in [-0.1, -0.05) is 112 Å². The highest BCUT2D eigenvalue weighted by Gasteiger charge is 2.21. The van der Waals surface area contributed by atoms with Gasteiger partial charge in [0.2, 0.25) is 7.14 Å². The molecule has 0 heterocycles. The molecule has 0 radical (unpaired) electrons. The maximum atomic E-state index is 14.3. The molecule has 4 heteroatoms. The van der Waals surface area contributed by atoms with E-state index < -0.39 is 7.14 Å². The van der Waals surface area contributed by atoms with E-state index in [2.05, 4.69) is 39.6 Å². The van der Waals surface area contributed by atoms with E-state index in [0.29, 0.717) is 0 Å². The van der Waals surface area contributed by atoms with Crippen LogP contribution < -0.4 is 5.30 Å². The highest BCUT2D eigenvalue weighted by molar-refractivity contribution is 9.10. The Kier molecular flexibility index (Phi) is 7.51. The second-order valence-corrected chi connectivity index (χ2v) is 11.4. The lowest BCUT2D eigenvalue weighted by Gasteiger charge is -2.13. The molecule has 1 atom stereocenters. The quantitative estimate of drug-likeness (QED) is 0.151. The van der Waals surface area contributed by atoms with E-state index >= 15 is 0 Å². The van der Waals surface area contributed by atoms with E-state index in [1.165, 1.54) is 0 Å². The van der Waals surface area contributed by atoms with Gasteiger partial charge in [0.15, 0.2) is 0 Å². The molecular weight excluding hydrogens is 495 g/mol. The van der Waals surface area contributed by atoms with Crippen LogP contribution in [0, 0.1) is 11.6 Å². The van der Waals surface area contributed by atoms with E-state index in [9.17, 15) is 4.57 Å². The molecule has 4 aromatic carbocycles. The third kappa shape index (κ3) is 5.93. The molecule has 0 unspecified atom stereocenters. The predicted octanol–water partition coefficient (Wildman–Crippen LogP) is 8.24. The van der Waals surface area contributed by atoms with Crippen molar-refractivity contribution in [1.82, 2.24) is 0 Å². The molecule has 0 saturated carbocycles. The Morgan fingerprint density at radius 1 is 0.750 bits per heavy atom. The van der Waals surface area contributed by atoms with Gasteiger partial charge in [-0.25, -0.2) is 0 Å². The van der Waals surface area contributed by atoms with Crippen LogP contribution in [-0.4, -0.2) is 0 Å². The topological polar surface area (TPSA) is 17.1 Å². The summed E-state index contributed by atoms with van der Waals surface area (Å²) in [7, 11) is -3.16.